The molecule has 0 saturated heterocycles. The molecule has 1 heterocycles. The zero-order valence-electron chi connectivity index (χ0n) is 17.2. The second-order valence-corrected chi connectivity index (χ2v) is 7.16. The van der Waals surface area contributed by atoms with Crippen molar-refractivity contribution in [3.8, 4) is 11.5 Å². The number of hydrogen-bond donors (Lipinski definition) is 1. The quantitative estimate of drug-likeness (QED) is 0.197. The molecule has 0 aliphatic rings. The summed E-state index contributed by atoms with van der Waals surface area (Å²) in [4.78, 5) is 36.5. The number of benzene rings is 2. The van der Waals surface area contributed by atoms with E-state index in [4.69, 9.17) is 9.47 Å². The molecule has 33 heavy (non-hydrogen) atoms. The number of nitro groups is 2. The van der Waals surface area contributed by atoms with E-state index in [9.17, 15) is 25.0 Å². The van der Waals surface area contributed by atoms with Crippen LogP contribution in [0.3, 0.4) is 0 Å². The van der Waals surface area contributed by atoms with Crippen LogP contribution in [-0.4, -0.2) is 33.6 Å². The molecule has 0 saturated carbocycles. The Kier molecular flexibility index (Phi) is 7.60. The van der Waals surface area contributed by atoms with Crippen molar-refractivity contribution in [2.45, 2.75) is 13.3 Å². The summed E-state index contributed by atoms with van der Waals surface area (Å²) < 4.78 is 10.5. The van der Waals surface area contributed by atoms with Gasteiger partial charge in [0.1, 0.15) is 5.75 Å². The number of carbonyl (C=O) groups is 1. The van der Waals surface area contributed by atoms with Gasteiger partial charge in [0, 0.05) is 17.0 Å². The Bertz CT molecular complexity index is 1210. The number of nitrogens with one attached hydrogen (secondary N) is 1. The number of carbonyl (C=O) groups excluding carboxylic acids is 1. The van der Waals surface area contributed by atoms with Gasteiger partial charge < -0.3 is 9.47 Å². The van der Waals surface area contributed by atoms with E-state index in [2.05, 4.69) is 15.5 Å². The molecule has 0 atom stereocenters. The van der Waals surface area contributed by atoms with Crippen molar-refractivity contribution < 1.29 is 24.1 Å². The van der Waals surface area contributed by atoms with Crippen LogP contribution in [0.1, 0.15) is 18.2 Å². The topological polar surface area (TPSA) is 159 Å². The number of ether oxygens (including phenoxy) is 2. The van der Waals surface area contributed by atoms with E-state index < -0.39 is 21.2 Å². The summed E-state index contributed by atoms with van der Waals surface area (Å²) in [6, 6.07) is 9.77. The van der Waals surface area contributed by atoms with E-state index in [0.29, 0.717) is 23.0 Å². The number of thiazole rings is 1. The Balaban J connectivity index is 1.73. The maximum Gasteiger partial charge on any atom is 0.318 e. The number of aromatic nitrogens is 1. The van der Waals surface area contributed by atoms with Crippen LogP contribution in [0.15, 0.2) is 52.9 Å². The predicted molar refractivity (Wildman–Crippen MR) is 120 cm³/mol. The van der Waals surface area contributed by atoms with E-state index in [1.54, 1.807) is 36.6 Å². The van der Waals surface area contributed by atoms with Crippen molar-refractivity contribution in [2.75, 3.05) is 12.0 Å². The number of para-hydroxylation sites is 1. The Morgan fingerprint density at radius 1 is 1.18 bits per heavy atom. The first-order valence-corrected chi connectivity index (χ1v) is 10.3. The molecule has 0 aliphatic carbocycles. The van der Waals surface area contributed by atoms with Crippen LogP contribution >= 0.6 is 11.3 Å². The molecule has 0 aliphatic heterocycles. The zero-order chi connectivity index (χ0) is 23.8. The Labute approximate surface area is 190 Å². The third-order valence-electron chi connectivity index (χ3n) is 4.04. The van der Waals surface area contributed by atoms with E-state index in [1.165, 1.54) is 23.6 Å². The van der Waals surface area contributed by atoms with Crippen LogP contribution in [0.2, 0.25) is 0 Å². The average molecular weight is 471 g/mol. The maximum atomic E-state index is 11.5. The number of hydrazone groups is 1. The second-order valence-electron chi connectivity index (χ2n) is 6.30. The smallest absolute Gasteiger partial charge is 0.318 e. The minimum atomic E-state index is -0.753. The lowest BCUT2D eigenvalue weighted by atomic mass is 10.2. The summed E-state index contributed by atoms with van der Waals surface area (Å²) in [5.41, 5.74) is 2.83. The lowest BCUT2D eigenvalue weighted by molar-refractivity contribution is -0.394. The van der Waals surface area contributed by atoms with E-state index >= 15 is 0 Å². The van der Waals surface area contributed by atoms with Crippen molar-refractivity contribution >= 4 is 40.0 Å². The van der Waals surface area contributed by atoms with Gasteiger partial charge in [-0.2, -0.15) is 5.10 Å². The fourth-order valence-electron chi connectivity index (χ4n) is 2.60. The van der Waals surface area contributed by atoms with Gasteiger partial charge in [0.05, 0.1) is 40.8 Å². The van der Waals surface area contributed by atoms with Gasteiger partial charge >= 0.3 is 11.7 Å². The average Bonchev–Trinajstić information content (AvgIpc) is 3.22. The van der Waals surface area contributed by atoms with Gasteiger partial charge in [0.2, 0.25) is 10.9 Å². The summed E-state index contributed by atoms with van der Waals surface area (Å²) in [5, 5.41) is 28.5. The fraction of sp³-hybridized carbons (Fsp3) is 0.150. The molecule has 170 valence electrons. The Hall–Kier alpha value is -4.39. The van der Waals surface area contributed by atoms with Gasteiger partial charge in [-0.1, -0.05) is 12.1 Å². The monoisotopic (exact) mass is 471 g/mol. The molecular weight excluding hydrogens is 454 g/mol. The van der Waals surface area contributed by atoms with Gasteiger partial charge in [-0.25, -0.2) is 4.98 Å². The molecule has 0 spiro atoms. The highest BCUT2D eigenvalue weighted by Gasteiger charge is 2.21. The molecule has 3 aromatic rings. The van der Waals surface area contributed by atoms with Crippen molar-refractivity contribution in [3.63, 3.8) is 0 Å². The first-order chi connectivity index (χ1) is 15.9. The molecule has 0 amide bonds. The largest absolute Gasteiger partial charge is 0.466 e. The highest BCUT2D eigenvalue weighted by Crippen LogP contribution is 2.35. The molecule has 1 aromatic heterocycles. The Morgan fingerprint density at radius 2 is 1.97 bits per heavy atom. The van der Waals surface area contributed by atoms with Crippen LogP contribution in [0, 0.1) is 20.2 Å². The third kappa shape index (κ3) is 6.30. The van der Waals surface area contributed by atoms with E-state index in [0.717, 1.165) is 12.1 Å². The van der Waals surface area contributed by atoms with Gasteiger partial charge in [-0.3, -0.25) is 30.4 Å². The molecular formula is C20H17N5O7S. The van der Waals surface area contributed by atoms with Gasteiger partial charge in [0.15, 0.2) is 0 Å². The first-order valence-electron chi connectivity index (χ1n) is 9.46. The van der Waals surface area contributed by atoms with Crippen LogP contribution in [-0.2, 0) is 16.0 Å². The summed E-state index contributed by atoms with van der Waals surface area (Å²) in [6.45, 7) is 2.02. The summed E-state index contributed by atoms with van der Waals surface area (Å²) in [7, 11) is 0. The third-order valence-corrected chi connectivity index (χ3v) is 4.83. The van der Waals surface area contributed by atoms with Crippen LogP contribution in [0.5, 0.6) is 11.5 Å². The molecule has 0 unspecified atom stereocenters. The van der Waals surface area contributed by atoms with Crippen molar-refractivity contribution in [1.82, 2.24) is 4.98 Å². The second kappa shape index (κ2) is 10.8. The molecule has 13 heteroatoms. The van der Waals surface area contributed by atoms with Crippen molar-refractivity contribution in [3.05, 3.63) is 79.3 Å². The molecule has 0 bridgehead atoms. The number of nitro benzene ring substituents is 2. The number of hydrogen-bond acceptors (Lipinski definition) is 11. The minimum absolute atomic E-state index is 0.0560. The van der Waals surface area contributed by atoms with Crippen molar-refractivity contribution in [1.29, 1.82) is 0 Å². The van der Waals surface area contributed by atoms with Crippen molar-refractivity contribution in [2.24, 2.45) is 5.10 Å². The summed E-state index contributed by atoms with van der Waals surface area (Å²) in [6.07, 6.45) is 1.49. The fourth-order valence-corrected chi connectivity index (χ4v) is 3.26. The number of non-ortho nitro benzene ring substituents is 1. The van der Waals surface area contributed by atoms with Crippen LogP contribution in [0.4, 0.5) is 16.5 Å². The van der Waals surface area contributed by atoms with Gasteiger partial charge in [0.25, 0.3) is 5.69 Å². The summed E-state index contributed by atoms with van der Waals surface area (Å²) >= 11 is 1.26. The number of anilines is 1. The minimum Gasteiger partial charge on any atom is -0.466 e. The zero-order valence-corrected chi connectivity index (χ0v) is 18.0. The SMILES string of the molecule is CCOC(=O)Cc1csc(NN=Cc2ccccc2Oc2ccc([N+](=O)[O-])cc2[N+](=O)[O-])n1. The molecule has 3 rings (SSSR count). The molecule has 0 radical (unpaired) electrons. The van der Waals surface area contributed by atoms with E-state index in [1.807, 2.05) is 0 Å². The van der Waals surface area contributed by atoms with Gasteiger partial charge in [-0.15, -0.1) is 11.3 Å². The first kappa shape index (κ1) is 23.3. The Morgan fingerprint density at radius 3 is 2.70 bits per heavy atom. The summed E-state index contributed by atoms with van der Waals surface area (Å²) in [5.74, 6) is -0.269. The molecule has 2 aromatic carbocycles. The normalized spacial score (nSPS) is 10.7. The lowest BCUT2D eigenvalue weighted by Gasteiger charge is -2.08. The lowest BCUT2D eigenvalue weighted by Crippen LogP contribution is -2.07. The number of rotatable bonds is 10. The highest BCUT2D eigenvalue weighted by molar-refractivity contribution is 7.13. The molecule has 1 N–H and O–H groups in total. The predicted octanol–water partition coefficient (Wildman–Crippen LogP) is 4.30. The molecule has 0 fully saturated rings. The molecule has 12 nitrogen and oxygen atoms in total. The van der Waals surface area contributed by atoms with Crippen LogP contribution in [0.25, 0.3) is 0 Å². The standard InChI is InChI=1S/C20H17N5O7S/c1-2-31-19(26)9-14-12-33-20(22-14)23-21-11-13-5-3-4-6-17(13)32-18-8-7-15(24(27)28)10-16(18)25(29)30/h3-8,10-12H,2,9H2,1H3,(H,22,23). The highest BCUT2D eigenvalue weighted by atomic mass is 32.1. The maximum absolute atomic E-state index is 11.5. The van der Waals surface area contributed by atoms with Gasteiger partial charge in [-0.05, 0) is 25.1 Å². The number of esters is 1. The number of nitrogens with zero attached hydrogens (tertiary/aromatic N) is 4. The van der Waals surface area contributed by atoms with E-state index in [-0.39, 0.29) is 23.9 Å². The van der Waals surface area contributed by atoms with Crippen LogP contribution < -0.4 is 10.2 Å².